The first-order chi connectivity index (χ1) is 12.4. The maximum Gasteiger partial charge on any atom is 0.266 e. The molecule has 0 aliphatic carbocycles. The van der Waals surface area contributed by atoms with Gasteiger partial charge in [0.1, 0.15) is 5.75 Å². The highest BCUT2D eigenvalue weighted by Crippen LogP contribution is 2.29. The van der Waals surface area contributed by atoms with Crippen LogP contribution in [0, 0.1) is 0 Å². The molecule has 136 valence electrons. The molecule has 9 heteroatoms. The number of sulfonamides is 1. The van der Waals surface area contributed by atoms with Crippen LogP contribution in [0.2, 0.25) is 0 Å². The summed E-state index contributed by atoms with van der Waals surface area (Å²) in [6, 6.07) is 12.7. The topological polar surface area (TPSA) is 114 Å². The van der Waals surface area contributed by atoms with Gasteiger partial charge in [-0.15, -0.1) is 0 Å². The van der Waals surface area contributed by atoms with Gasteiger partial charge < -0.3 is 15.4 Å². The zero-order valence-electron chi connectivity index (χ0n) is 13.9. The first-order valence-electron chi connectivity index (χ1n) is 7.79. The highest BCUT2D eigenvalue weighted by atomic mass is 32.2. The third-order valence-corrected chi connectivity index (χ3v) is 5.22. The molecule has 2 aromatic carbocycles. The third kappa shape index (κ3) is 3.84. The Hall–Kier alpha value is -2.91. The van der Waals surface area contributed by atoms with Crippen LogP contribution in [0.5, 0.6) is 5.75 Å². The van der Waals surface area contributed by atoms with Gasteiger partial charge in [0.25, 0.3) is 5.91 Å². The molecule has 0 spiro atoms. The molecule has 1 aliphatic heterocycles. The van der Waals surface area contributed by atoms with Gasteiger partial charge in [0.15, 0.2) is 6.10 Å². The smallest absolute Gasteiger partial charge is 0.266 e. The van der Waals surface area contributed by atoms with Crippen molar-refractivity contribution in [1.29, 1.82) is 0 Å². The standard InChI is InChI=1S/C17H17N3O5S/c1-18-26(23,24)12-8-6-11(7-9-12)19-16(21)10-15-17(22)20-13-4-2-3-5-14(13)25-15/h2-9,15,18H,10H2,1H3,(H,19,21)(H,20,22)/t15-/m0/s1. The van der Waals surface area contributed by atoms with Crippen molar-refractivity contribution in [2.75, 3.05) is 17.7 Å². The van der Waals surface area contributed by atoms with E-state index >= 15 is 0 Å². The monoisotopic (exact) mass is 375 g/mol. The Kier molecular flexibility index (Phi) is 4.92. The highest BCUT2D eigenvalue weighted by molar-refractivity contribution is 7.89. The van der Waals surface area contributed by atoms with Crippen LogP contribution in [-0.2, 0) is 19.6 Å². The summed E-state index contributed by atoms with van der Waals surface area (Å²) < 4.78 is 31.1. The summed E-state index contributed by atoms with van der Waals surface area (Å²) in [5.41, 5.74) is 0.983. The molecular weight excluding hydrogens is 358 g/mol. The van der Waals surface area contributed by atoms with E-state index in [9.17, 15) is 18.0 Å². The minimum Gasteiger partial charge on any atom is -0.478 e. The Morgan fingerprint density at radius 2 is 1.85 bits per heavy atom. The molecule has 0 radical (unpaired) electrons. The van der Waals surface area contributed by atoms with Gasteiger partial charge >= 0.3 is 0 Å². The lowest BCUT2D eigenvalue weighted by atomic mass is 10.1. The fourth-order valence-corrected chi connectivity index (χ4v) is 3.17. The number of amides is 2. The zero-order valence-corrected chi connectivity index (χ0v) is 14.7. The van der Waals surface area contributed by atoms with Gasteiger partial charge in [-0.3, -0.25) is 9.59 Å². The van der Waals surface area contributed by atoms with Crippen LogP contribution in [0.4, 0.5) is 11.4 Å². The third-order valence-electron chi connectivity index (χ3n) is 3.79. The summed E-state index contributed by atoms with van der Waals surface area (Å²) in [7, 11) is -2.22. The average molecular weight is 375 g/mol. The Morgan fingerprint density at radius 3 is 2.54 bits per heavy atom. The molecule has 0 saturated heterocycles. The van der Waals surface area contributed by atoms with Crippen molar-refractivity contribution in [2.24, 2.45) is 0 Å². The number of hydrogen-bond acceptors (Lipinski definition) is 5. The average Bonchev–Trinajstić information content (AvgIpc) is 2.63. The number of benzene rings is 2. The second-order valence-corrected chi connectivity index (χ2v) is 7.46. The summed E-state index contributed by atoms with van der Waals surface area (Å²) in [5.74, 6) is -0.311. The van der Waals surface area contributed by atoms with Crippen LogP contribution < -0.4 is 20.1 Å². The van der Waals surface area contributed by atoms with E-state index in [2.05, 4.69) is 15.4 Å². The van der Waals surface area contributed by atoms with Crippen LogP contribution >= 0.6 is 0 Å². The fraction of sp³-hybridized carbons (Fsp3) is 0.176. The molecule has 0 aromatic heterocycles. The molecule has 3 N–H and O–H groups in total. The summed E-state index contributed by atoms with van der Waals surface area (Å²) >= 11 is 0. The molecule has 1 heterocycles. The van der Waals surface area contributed by atoms with E-state index in [1.165, 1.54) is 31.3 Å². The molecule has 2 aromatic rings. The number of para-hydroxylation sites is 2. The first kappa shape index (κ1) is 17.9. The molecular formula is C17H17N3O5S. The van der Waals surface area contributed by atoms with Crippen LogP contribution in [-0.4, -0.2) is 33.4 Å². The summed E-state index contributed by atoms with van der Waals surface area (Å²) in [4.78, 5) is 24.3. The first-order valence-corrected chi connectivity index (χ1v) is 9.27. The van der Waals surface area contributed by atoms with E-state index in [0.29, 0.717) is 17.1 Å². The number of carbonyl (C=O) groups is 2. The summed E-state index contributed by atoms with van der Waals surface area (Å²) in [6.07, 6.45) is -1.11. The maximum atomic E-state index is 12.2. The largest absolute Gasteiger partial charge is 0.478 e. The van der Waals surface area contributed by atoms with E-state index in [0.717, 1.165) is 0 Å². The van der Waals surface area contributed by atoms with Crippen molar-refractivity contribution >= 4 is 33.2 Å². The van der Waals surface area contributed by atoms with Crippen LogP contribution in [0.15, 0.2) is 53.4 Å². The number of nitrogens with one attached hydrogen (secondary N) is 3. The minimum absolute atomic E-state index is 0.0876. The molecule has 1 atom stereocenters. The lowest BCUT2D eigenvalue weighted by molar-refractivity contribution is -0.128. The lowest BCUT2D eigenvalue weighted by Crippen LogP contribution is -2.39. The molecule has 1 aliphatic rings. The fourth-order valence-electron chi connectivity index (χ4n) is 2.44. The van der Waals surface area contributed by atoms with E-state index in [1.807, 2.05) is 0 Å². The zero-order chi connectivity index (χ0) is 18.7. The van der Waals surface area contributed by atoms with E-state index in [-0.39, 0.29) is 11.3 Å². The molecule has 0 fully saturated rings. The van der Waals surface area contributed by atoms with Gasteiger partial charge in [-0.2, -0.15) is 0 Å². The van der Waals surface area contributed by atoms with Gasteiger partial charge in [0, 0.05) is 5.69 Å². The van der Waals surface area contributed by atoms with Gasteiger partial charge in [0.05, 0.1) is 17.0 Å². The van der Waals surface area contributed by atoms with Crippen molar-refractivity contribution < 1.29 is 22.7 Å². The summed E-state index contributed by atoms with van der Waals surface area (Å²) in [6.45, 7) is 0. The van der Waals surface area contributed by atoms with Gasteiger partial charge in [-0.25, -0.2) is 13.1 Å². The van der Waals surface area contributed by atoms with Gasteiger partial charge in [0.2, 0.25) is 15.9 Å². The van der Waals surface area contributed by atoms with Gasteiger partial charge in [-0.05, 0) is 43.4 Å². The molecule has 0 bridgehead atoms. The normalized spacial score (nSPS) is 16.2. The Bertz CT molecular complexity index is 941. The van der Waals surface area contributed by atoms with Crippen molar-refractivity contribution in [2.45, 2.75) is 17.4 Å². The van der Waals surface area contributed by atoms with Crippen molar-refractivity contribution in [1.82, 2.24) is 4.72 Å². The molecule has 0 unspecified atom stereocenters. The SMILES string of the molecule is CNS(=O)(=O)c1ccc(NC(=O)C[C@@H]2Oc3ccccc3NC2=O)cc1. The van der Waals surface area contributed by atoms with Crippen molar-refractivity contribution in [3.05, 3.63) is 48.5 Å². The van der Waals surface area contributed by atoms with Crippen LogP contribution in [0.1, 0.15) is 6.42 Å². The number of ether oxygens (including phenoxy) is 1. The summed E-state index contributed by atoms with van der Waals surface area (Å²) in [5, 5.41) is 5.31. The maximum absolute atomic E-state index is 12.2. The Balaban J connectivity index is 1.63. The van der Waals surface area contributed by atoms with E-state index in [1.54, 1.807) is 24.3 Å². The number of carbonyl (C=O) groups excluding carboxylic acids is 2. The number of rotatable bonds is 5. The molecule has 2 amide bonds. The van der Waals surface area contributed by atoms with E-state index < -0.39 is 27.9 Å². The predicted octanol–water partition coefficient (Wildman–Crippen LogP) is 1.32. The van der Waals surface area contributed by atoms with Gasteiger partial charge in [-0.1, -0.05) is 12.1 Å². The van der Waals surface area contributed by atoms with Crippen LogP contribution in [0.25, 0.3) is 0 Å². The van der Waals surface area contributed by atoms with Crippen LogP contribution in [0.3, 0.4) is 0 Å². The molecule has 8 nitrogen and oxygen atoms in total. The predicted molar refractivity (Wildman–Crippen MR) is 95.4 cm³/mol. The number of hydrogen-bond donors (Lipinski definition) is 3. The molecule has 3 rings (SSSR count). The second-order valence-electron chi connectivity index (χ2n) is 5.58. The Morgan fingerprint density at radius 1 is 1.15 bits per heavy atom. The van der Waals surface area contributed by atoms with Crippen molar-refractivity contribution in [3.63, 3.8) is 0 Å². The van der Waals surface area contributed by atoms with E-state index in [4.69, 9.17) is 4.74 Å². The molecule has 0 saturated carbocycles. The number of anilines is 2. The molecule has 26 heavy (non-hydrogen) atoms. The van der Waals surface area contributed by atoms with Crippen molar-refractivity contribution in [3.8, 4) is 5.75 Å². The number of fused-ring (bicyclic) bond motifs is 1. The quantitative estimate of drug-likeness (QED) is 0.729. The Labute approximate surface area is 150 Å². The lowest BCUT2D eigenvalue weighted by Gasteiger charge is -2.25. The minimum atomic E-state index is -3.54. The highest BCUT2D eigenvalue weighted by Gasteiger charge is 2.29. The second kappa shape index (κ2) is 7.14.